The molecule has 0 aromatic heterocycles. The van der Waals surface area contributed by atoms with Gasteiger partial charge in [-0.2, -0.15) is 0 Å². The van der Waals surface area contributed by atoms with Crippen molar-refractivity contribution in [1.29, 1.82) is 0 Å². The Bertz CT molecular complexity index is 832. The lowest BCUT2D eigenvalue weighted by atomic mass is 10.1. The van der Waals surface area contributed by atoms with Crippen molar-refractivity contribution in [1.82, 2.24) is 0 Å². The molecule has 25 heavy (non-hydrogen) atoms. The van der Waals surface area contributed by atoms with Gasteiger partial charge in [0.2, 0.25) is 0 Å². The fourth-order valence-corrected chi connectivity index (χ4v) is 3.64. The molecule has 0 radical (unpaired) electrons. The Hall–Kier alpha value is -1.79. The van der Waals surface area contributed by atoms with Gasteiger partial charge in [-0.3, -0.25) is 4.79 Å². The van der Waals surface area contributed by atoms with Gasteiger partial charge in [0.25, 0.3) is 11.7 Å². The Kier molecular flexibility index (Phi) is 4.12. The molecule has 4 rings (SSSR count). The Morgan fingerprint density at radius 3 is 2.44 bits per heavy atom. The van der Waals surface area contributed by atoms with Gasteiger partial charge in [-0.15, -0.1) is 0 Å². The lowest BCUT2D eigenvalue weighted by Crippen LogP contribution is -2.40. The van der Waals surface area contributed by atoms with E-state index in [-0.39, 0.29) is 5.91 Å². The predicted octanol–water partition coefficient (Wildman–Crippen LogP) is 3.75. The first-order valence-electron chi connectivity index (χ1n) is 7.78. The number of fused-ring (bicyclic) bond motifs is 2. The van der Waals surface area contributed by atoms with E-state index in [1.807, 2.05) is 24.3 Å². The molecule has 2 aliphatic rings. The van der Waals surface area contributed by atoms with Crippen molar-refractivity contribution in [2.75, 3.05) is 25.2 Å². The van der Waals surface area contributed by atoms with Crippen LogP contribution in [0.15, 0.2) is 36.4 Å². The van der Waals surface area contributed by atoms with Gasteiger partial charge in [-0.25, -0.2) is 0 Å². The molecule has 0 bridgehead atoms. The van der Waals surface area contributed by atoms with Crippen molar-refractivity contribution in [3.63, 3.8) is 0 Å². The Morgan fingerprint density at radius 1 is 1.12 bits per heavy atom. The maximum atomic E-state index is 13.1. The molecule has 2 aromatic rings. The number of methoxy groups -OCH3 is 1. The van der Waals surface area contributed by atoms with Crippen LogP contribution < -0.4 is 9.64 Å². The fraction of sp³-hybridized carbons (Fsp3) is 0.278. The molecule has 5 nitrogen and oxygen atoms in total. The summed E-state index contributed by atoms with van der Waals surface area (Å²) in [5, 5.41) is 0.694. The average Bonchev–Trinajstić information content (AvgIpc) is 3.20. The summed E-state index contributed by atoms with van der Waals surface area (Å²) in [5.41, 5.74) is 2.06. The fourth-order valence-electron chi connectivity index (χ4n) is 3.22. The number of halogens is 2. The molecule has 0 unspecified atom stereocenters. The molecular formula is C18H15Cl2NO4. The summed E-state index contributed by atoms with van der Waals surface area (Å²) in [7, 11) is 1.61. The van der Waals surface area contributed by atoms with Crippen molar-refractivity contribution in [2.45, 2.75) is 12.3 Å². The number of amides is 1. The number of hydrogen-bond donors (Lipinski definition) is 0. The van der Waals surface area contributed by atoms with Gasteiger partial charge < -0.3 is 19.1 Å². The summed E-state index contributed by atoms with van der Waals surface area (Å²) >= 11 is 12.6. The summed E-state index contributed by atoms with van der Waals surface area (Å²) in [4.78, 5) is 14.7. The van der Waals surface area contributed by atoms with Gasteiger partial charge in [0.15, 0.2) is 0 Å². The molecule has 1 fully saturated rings. The van der Waals surface area contributed by atoms with E-state index in [9.17, 15) is 4.79 Å². The third-order valence-electron chi connectivity index (χ3n) is 4.41. The first-order valence-corrected chi connectivity index (χ1v) is 8.54. The topological polar surface area (TPSA) is 48.0 Å². The minimum Gasteiger partial charge on any atom is -0.497 e. The van der Waals surface area contributed by atoms with Crippen molar-refractivity contribution >= 4 is 34.8 Å². The number of ether oxygens (including phenoxy) is 3. The molecule has 1 amide bonds. The highest BCUT2D eigenvalue weighted by Gasteiger charge is 2.56. The first-order chi connectivity index (χ1) is 12.1. The normalized spacial score (nSPS) is 18.0. The third kappa shape index (κ3) is 2.50. The van der Waals surface area contributed by atoms with Crippen LogP contribution in [-0.4, -0.2) is 26.2 Å². The standard InChI is InChI=1S/C18H15Cl2NO4/c1-23-12-4-2-11(3-5-12)10-21-16-13(6-7-14(19)15(16)20)18(17(21)22)24-8-9-25-18/h2-7H,8-10H2,1H3. The van der Waals surface area contributed by atoms with Gasteiger partial charge in [0, 0.05) is 5.56 Å². The quantitative estimate of drug-likeness (QED) is 0.814. The van der Waals surface area contributed by atoms with Gasteiger partial charge in [-0.05, 0) is 29.8 Å². The summed E-state index contributed by atoms with van der Waals surface area (Å²) in [6.45, 7) is 1.02. The molecule has 2 aromatic carbocycles. The lowest BCUT2D eigenvalue weighted by molar-refractivity contribution is -0.180. The number of anilines is 1. The molecule has 1 spiro atoms. The van der Waals surface area contributed by atoms with Crippen LogP contribution in [-0.2, 0) is 26.6 Å². The zero-order chi connectivity index (χ0) is 17.6. The minimum absolute atomic E-state index is 0.292. The van der Waals surface area contributed by atoms with Crippen LogP contribution in [0.3, 0.4) is 0 Å². The summed E-state index contributed by atoms with van der Waals surface area (Å²) < 4.78 is 16.6. The molecule has 0 aliphatic carbocycles. The number of hydrogen-bond acceptors (Lipinski definition) is 4. The zero-order valence-electron chi connectivity index (χ0n) is 13.4. The predicted molar refractivity (Wildman–Crippen MR) is 94.2 cm³/mol. The number of benzene rings is 2. The summed E-state index contributed by atoms with van der Waals surface area (Å²) in [6.07, 6.45) is 0. The van der Waals surface area contributed by atoms with E-state index in [1.165, 1.54) is 0 Å². The number of carbonyl (C=O) groups excluding carboxylic acids is 1. The van der Waals surface area contributed by atoms with Crippen LogP contribution in [0.5, 0.6) is 5.75 Å². The number of carbonyl (C=O) groups is 1. The van der Waals surface area contributed by atoms with Crippen molar-refractivity contribution in [3.05, 3.63) is 57.6 Å². The average molecular weight is 380 g/mol. The molecule has 7 heteroatoms. The van der Waals surface area contributed by atoms with Crippen LogP contribution in [0.4, 0.5) is 5.69 Å². The van der Waals surface area contributed by atoms with Crippen molar-refractivity contribution in [3.8, 4) is 5.75 Å². The second-order valence-electron chi connectivity index (χ2n) is 5.81. The van der Waals surface area contributed by atoms with E-state index in [4.69, 9.17) is 37.4 Å². The molecule has 130 valence electrons. The zero-order valence-corrected chi connectivity index (χ0v) is 14.9. The highest BCUT2D eigenvalue weighted by atomic mass is 35.5. The van der Waals surface area contributed by atoms with E-state index >= 15 is 0 Å². The van der Waals surface area contributed by atoms with Crippen LogP contribution in [0.25, 0.3) is 0 Å². The van der Waals surface area contributed by atoms with Crippen molar-refractivity contribution < 1.29 is 19.0 Å². The summed E-state index contributed by atoms with van der Waals surface area (Å²) in [6, 6.07) is 10.9. The molecule has 0 N–H and O–H groups in total. The molecular weight excluding hydrogens is 365 g/mol. The van der Waals surface area contributed by atoms with E-state index < -0.39 is 5.79 Å². The van der Waals surface area contributed by atoms with E-state index in [0.717, 1.165) is 11.3 Å². The second-order valence-corrected chi connectivity index (χ2v) is 6.60. The third-order valence-corrected chi connectivity index (χ3v) is 5.21. The van der Waals surface area contributed by atoms with Crippen LogP contribution >= 0.6 is 23.2 Å². The van der Waals surface area contributed by atoms with E-state index in [0.29, 0.717) is 41.1 Å². The lowest BCUT2D eigenvalue weighted by Gasteiger charge is -2.22. The van der Waals surface area contributed by atoms with Gasteiger partial charge in [-0.1, -0.05) is 35.3 Å². The first kappa shape index (κ1) is 16.7. The van der Waals surface area contributed by atoms with E-state index in [1.54, 1.807) is 24.1 Å². The largest absolute Gasteiger partial charge is 0.497 e. The maximum Gasteiger partial charge on any atom is 0.292 e. The molecule has 0 atom stereocenters. The Morgan fingerprint density at radius 2 is 1.80 bits per heavy atom. The van der Waals surface area contributed by atoms with Crippen molar-refractivity contribution in [2.24, 2.45) is 0 Å². The van der Waals surface area contributed by atoms with Crippen LogP contribution in [0.1, 0.15) is 11.1 Å². The summed E-state index contributed by atoms with van der Waals surface area (Å²) in [5.74, 6) is -0.965. The van der Waals surface area contributed by atoms with Crippen LogP contribution in [0.2, 0.25) is 10.0 Å². The highest BCUT2D eigenvalue weighted by molar-refractivity contribution is 6.44. The Labute approximate surface area is 155 Å². The second kappa shape index (κ2) is 6.18. The minimum atomic E-state index is -1.42. The van der Waals surface area contributed by atoms with Gasteiger partial charge in [0.05, 0.1) is 42.6 Å². The Balaban J connectivity index is 1.78. The van der Waals surface area contributed by atoms with Crippen LogP contribution in [0, 0.1) is 0 Å². The smallest absolute Gasteiger partial charge is 0.292 e. The number of nitrogens with zero attached hydrogens (tertiary/aromatic N) is 1. The SMILES string of the molecule is COc1ccc(CN2C(=O)C3(OCCO3)c3ccc(Cl)c(Cl)c32)cc1. The van der Waals surface area contributed by atoms with E-state index in [2.05, 4.69) is 0 Å². The monoisotopic (exact) mass is 379 g/mol. The maximum absolute atomic E-state index is 13.1. The molecule has 2 aliphatic heterocycles. The molecule has 2 heterocycles. The highest BCUT2D eigenvalue weighted by Crippen LogP contribution is 2.50. The number of rotatable bonds is 3. The molecule has 1 saturated heterocycles. The van der Waals surface area contributed by atoms with Gasteiger partial charge >= 0.3 is 0 Å². The van der Waals surface area contributed by atoms with Gasteiger partial charge in [0.1, 0.15) is 5.75 Å². The molecule has 0 saturated carbocycles.